The second-order valence-electron chi connectivity index (χ2n) is 4.65. The summed E-state index contributed by atoms with van der Waals surface area (Å²) < 4.78 is 11.0. The number of methoxy groups -OCH3 is 1. The molecule has 0 amide bonds. The Hall–Kier alpha value is -1.36. The largest absolute Gasteiger partial charge is 0.488 e. The maximum atomic E-state index is 5.93. The molecule has 1 heterocycles. The lowest BCUT2D eigenvalue weighted by molar-refractivity contribution is 0.199. The fraction of sp³-hybridized carbons (Fsp3) is 0.375. The molecule has 4 heteroatoms. The van der Waals surface area contributed by atoms with Gasteiger partial charge >= 0.3 is 0 Å². The van der Waals surface area contributed by atoms with E-state index < -0.39 is 0 Å². The summed E-state index contributed by atoms with van der Waals surface area (Å²) in [7, 11) is 1.71. The second-order valence-corrected chi connectivity index (χ2v) is 5.68. The average molecular weight is 291 g/mol. The molecule has 0 unspecified atom stereocenters. The van der Waals surface area contributed by atoms with Crippen molar-refractivity contribution < 1.29 is 9.47 Å². The first-order valence-electron chi connectivity index (χ1n) is 6.74. The van der Waals surface area contributed by atoms with Crippen LogP contribution in [0.4, 0.5) is 0 Å². The first kappa shape index (κ1) is 15.0. The summed E-state index contributed by atoms with van der Waals surface area (Å²) in [4.78, 5) is 1.24. The third-order valence-electron chi connectivity index (χ3n) is 2.96. The van der Waals surface area contributed by atoms with Crippen LogP contribution in [-0.4, -0.2) is 20.3 Å². The van der Waals surface area contributed by atoms with Crippen molar-refractivity contribution in [3.8, 4) is 5.75 Å². The zero-order valence-electron chi connectivity index (χ0n) is 12.0. The highest BCUT2D eigenvalue weighted by atomic mass is 32.1. The fourth-order valence-corrected chi connectivity index (χ4v) is 2.54. The van der Waals surface area contributed by atoms with Gasteiger partial charge in [0.25, 0.3) is 0 Å². The SMILES string of the molecule is COCCNCc1cc(C)ccc1OCc1cccs1. The molecule has 3 nitrogen and oxygen atoms in total. The number of ether oxygens (including phenoxy) is 2. The minimum Gasteiger partial charge on any atom is -0.488 e. The monoisotopic (exact) mass is 291 g/mol. The predicted molar refractivity (Wildman–Crippen MR) is 83.4 cm³/mol. The third-order valence-corrected chi connectivity index (χ3v) is 3.81. The average Bonchev–Trinajstić information content (AvgIpc) is 2.96. The molecule has 1 N–H and O–H groups in total. The van der Waals surface area contributed by atoms with Gasteiger partial charge in [-0.1, -0.05) is 23.8 Å². The molecule has 1 aromatic carbocycles. The van der Waals surface area contributed by atoms with Crippen LogP contribution in [0.2, 0.25) is 0 Å². The van der Waals surface area contributed by atoms with Crippen molar-refractivity contribution in [2.24, 2.45) is 0 Å². The lowest BCUT2D eigenvalue weighted by Gasteiger charge is -2.12. The predicted octanol–water partition coefficient (Wildman–Crippen LogP) is 3.37. The van der Waals surface area contributed by atoms with E-state index in [1.54, 1.807) is 18.4 Å². The van der Waals surface area contributed by atoms with Gasteiger partial charge in [0, 0.05) is 30.6 Å². The molecule has 0 atom stereocenters. The van der Waals surface area contributed by atoms with Gasteiger partial charge in [0.2, 0.25) is 0 Å². The van der Waals surface area contributed by atoms with E-state index in [4.69, 9.17) is 9.47 Å². The van der Waals surface area contributed by atoms with E-state index in [9.17, 15) is 0 Å². The summed E-state index contributed by atoms with van der Waals surface area (Å²) in [6.07, 6.45) is 0. The standard InChI is InChI=1S/C16H21NO2S/c1-13-5-6-16(19-12-15-4-3-9-20-15)14(10-13)11-17-7-8-18-2/h3-6,9-10,17H,7-8,11-12H2,1-2H3. The Balaban J connectivity index is 1.95. The lowest BCUT2D eigenvalue weighted by atomic mass is 10.1. The molecule has 0 bridgehead atoms. The molecule has 0 aliphatic heterocycles. The smallest absolute Gasteiger partial charge is 0.124 e. The first-order chi connectivity index (χ1) is 9.79. The molecular weight excluding hydrogens is 270 g/mol. The van der Waals surface area contributed by atoms with Crippen LogP contribution in [0.1, 0.15) is 16.0 Å². The quantitative estimate of drug-likeness (QED) is 0.756. The van der Waals surface area contributed by atoms with E-state index in [1.807, 2.05) is 6.07 Å². The number of hydrogen-bond donors (Lipinski definition) is 1. The Morgan fingerprint density at radius 2 is 2.15 bits per heavy atom. The summed E-state index contributed by atoms with van der Waals surface area (Å²) in [6.45, 7) is 5.09. The third kappa shape index (κ3) is 4.63. The lowest BCUT2D eigenvalue weighted by Crippen LogP contribution is -2.19. The topological polar surface area (TPSA) is 30.5 Å². The minimum atomic E-state index is 0.631. The van der Waals surface area contributed by atoms with Crippen LogP contribution in [0.5, 0.6) is 5.75 Å². The fourth-order valence-electron chi connectivity index (χ4n) is 1.93. The molecule has 0 fully saturated rings. The number of benzene rings is 1. The summed E-state index contributed by atoms with van der Waals surface area (Å²) in [5.74, 6) is 0.953. The van der Waals surface area contributed by atoms with E-state index in [0.29, 0.717) is 6.61 Å². The number of hydrogen-bond acceptors (Lipinski definition) is 4. The molecule has 108 valence electrons. The van der Waals surface area contributed by atoms with Gasteiger partial charge in [-0.2, -0.15) is 0 Å². The molecule has 1 aromatic heterocycles. The van der Waals surface area contributed by atoms with Crippen molar-refractivity contribution in [1.29, 1.82) is 0 Å². The Bertz CT molecular complexity index is 511. The van der Waals surface area contributed by atoms with Crippen molar-refractivity contribution >= 4 is 11.3 Å². The van der Waals surface area contributed by atoms with Crippen molar-refractivity contribution in [2.45, 2.75) is 20.1 Å². The zero-order valence-corrected chi connectivity index (χ0v) is 12.8. The van der Waals surface area contributed by atoms with Crippen LogP contribution < -0.4 is 10.1 Å². The summed E-state index contributed by atoms with van der Waals surface area (Å²) in [5.41, 5.74) is 2.44. The summed E-state index contributed by atoms with van der Waals surface area (Å²) in [5, 5.41) is 5.43. The highest BCUT2D eigenvalue weighted by Crippen LogP contribution is 2.22. The van der Waals surface area contributed by atoms with E-state index in [0.717, 1.165) is 25.4 Å². The first-order valence-corrected chi connectivity index (χ1v) is 7.62. The van der Waals surface area contributed by atoms with E-state index in [-0.39, 0.29) is 0 Å². The number of aryl methyl sites for hydroxylation is 1. The van der Waals surface area contributed by atoms with Crippen molar-refractivity contribution in [1.82, 2.24) is 5.32 Å². The number of rotatable bonds is 8. The van der Waals surface area contributed by atoms with Crippen molar-refractivity contribution in [3.05, 3.63) is 51.7 Å². The van der Waals surface area contributed by atoms with Gasteiger partial charge in [-0.25, -0.2) is 0 Å². The van der Waals surface area contributed by atoms with Crippen LogP contribution >= 0.6 is 11.3 Å². The van der Waals surface area contributed by atoms with Gasteiger partial charge in [-0.3, -0.25) is 0 Å². The Labute approximate surface area is 124 Å². The molecule has 0 radical (unpaired) electrons. The maximum Gasteiger partial charge on any atom is 0.124 e. The van der Waals surface area contributed by atoms with Crippen LogP contribution in [0.15, 0.2) is 35.7 Å². The van der Waals surface area contributed by atoms with Crippen LogP contribution in [0.3, 0.4) is 0 Å². The molecule has 0 saturated heterocycles. The molecule has 0 aliphatic rings. The van der Waals surface area contributed by atoms with E-state index >= 15 is 0 Å². The van der Waals surface area contributed by atoms with E-state index in [2.05, 4.69) is 41.9 Å². The van der Waals surface area contributed by atoms with Gasteiger partial charge in [0.1, 0.15) is 12.4 Å². The highest BCUT2D eigenvalue weighted by molar-refractivity contribution is 7.09. The Morgan fingerprint density at radius 1 is 1.25 bits per heavy atom. The number of nitrogens with one attached hydrogen (secondary N) is 1. The van der Waals surface area contributed by atoms with Crippen LogP contribution in [-0.2, 0) is 17.9 Å². The number of thiophene rings is 1. The Morgan fingerprint density at radius 3 is 2.90 bits per heavy atom. The van der Waals surface area contributed by atoms with Crippen LogP contribution in [0.25, 0.3) is 0 Å². The molecule has 0 saturated carbocycles. The molecule has 2 aromatic rings. The van der Waals surface area contributed by atoms with Gasteiger partial charge in [0.15, 0.2) is 0 Å². The molecule has 2 rings (SSSR count). The zero-order chi connectivity index (χ0) is 14.2. The summed E-state index contributed by atoms with van der Waals surface area (Å²) in [6, 6.07) is 10.4. The second kappa shape index (κ2) is 8.04. The molecule has 0 aliphatic carbocycles. The maximum absolute atomic E-state index is 5.93. The van der Waals surface area contributed by atoms with Crippen molar-refractivity contribution in [3.63, 3.8) is 0 Å². The van der Waals surface area contributed by atoms with Gasteiger partial charge in [-0.05, 0) is 24.4 Å². The molecular formula is C16H21NO2S. The molecule has 0 spiro atoms. The summed E-state index contributed by atoms with van der Waals surface area (Å²) >= 11 is 1.72. The van der Waals surface area contributed by atoms with Gasteiger partial charge < -0.3 is 14.8 Å². The normalized spacial score (nSPS) is 10.7. The van der Waals surface area contributed by atoms with E-state index in [1.165, 1.54) is 16.0 Å². The van der Waals surface area contributed by atoms with Crippen molar-refractivity contribution in [2.75, 3.05) is 20.3 Å². The molecule has 20 heavy (non-hydrogen) atoms. The Kier molecular flexibility index (Phi) is 6.05. The van der Waals surface area contributed by atoms with Crippen LogP contribution in [0, 0.1) is 6.92 Å². The van der Waals surface area contributed by atoms with Gasteiger partial charge in [0.05, 0.1) is 6.61 Å². The minimum absolute atomic E-state index is 0.631. The highest BCUT2D eigenvalue weighted by Gasteiger charge is 2.05. The van der Waals surface area contributed by atoms with Gasteiger partial charge in [-0.15, -0.1) is 11.3 Å².